The lowest BCUT2D eigenvalue weighted by Gasteiger charge is -2.19. The maximum atomic E-state index is 11.4. The number of pyridine rings is 1. The molecule has 1 amide bonds. The Kier molecular flexibility index (Phi) is 3.59. The quantitative estimate of drug-likeness (QED) is 0.755. The van der Waals surface area contributed by atoms with Crippen molar-refractivity contribution >= 4 is 5.91 Å². The van der Waals surface area contributed by atoms with Crippen molar-refractivity contribution in [1.29, 1.82) is 0 Å². The highest BCUT2D eigenvalue weighted by molar-refractivity contribution is 5.80. The van der Waals surface area contributed by atoms with Gasteiger partial charge in [-0.2, -0.15) is 0 Å². The second kappa shape index (κ2) is 4.72. The number of aromatic nitrogens is 1. The lowest BCUT2D eigenvalue weighted by Crippen LogP contribution is -2.39. The molecule has 4 heteroatoms. The van der Waals surface area contributed by atoms with E-state index in [4.69, 9.17) is 5.73 Å². The largest absolute Gasteiger partial charge is 0.340 e. The van der Waals surface area contributed by atoms with Crippen molar-refractivity contribution in [3.63, 3.8) is 0 Å². The fraction of sp³-hybridized carbons (Fsp3) is 0.400. The summed E-state index contributed by atoms with van der Waals surface area (Å²) in [6.45, 7) is 2.26. The summed E-state index contributed by atoms with van der Waals surface area (Å²) in [7, 11) is 1.74. The van der Waals surface area contributed by atoms with Crippen molar-refractivity contribution in [2.45, 2.75) is 19.5 Å². The van der Waals surface area contributed by atoms with Gasteiger partial charge in [0.1, 0.15) is 0 Å². The van der Waals surface area contributed by atoms with Crippen LogP contribution in [0.3, 0.4) is 0 Å². The first-order chi connectivity index (χ1) is 6.61. The molecule has 1 heterocycles. The molecular formula is C10H15N3O. The molecule has 2 N–H and O–H groups in total. The summed E-state index contributed by atoms with van der Waals surface area (Å²) in [5.74, 6) is -0.0539. The Balaban J connectivity index is 2.57. The van der Waals surface area contributed by atoms with Crippen molar-refractivity contribution in [2.24, 2.45) is 5.73 Å². The van der Waals surface area contributed by atoms with Crippen molar-refractivity contribution < 1.29 is 4.79 Å². The van der Waals surface area contributed by atoms with E-state index in [1.54, 1.807) is 31.3 Å². The number of nitrogens with zero attached hydrogens (tertiary/aromatic N) is 2. The van der Waals surface area contributed by atoms with Crippen LogP contribution in [0.15, 0.2) is 24.5 Å². The van der Waals surface area contributed by atoms with Gasteiger partial charge >= 0.3 is 0 Å². The summed E-state index contributed by atoms with van der Waals surface area (Å²) >= 11 is 0. The number of nitrogens with two attached hydrogens (primary N) is 1. The summed E-state index contributed by atoms with van der Waals surface area (Å²) in [6.07, 6.45) is 3.42. The summed E-state index contributed by atoms with van der Waals surface area (Å²) in [5.41, 5.74) is 6.54. The molecule has 0 saturated carbocycles. The zero-order valence-electron chi connectivity index (χ0n) is 8.47. The lowest BCUT2D eigenvalue weighted by atomic mass is 10.2. The van der Waals surface area contributed by atoms with Crippen molar-refractivity contribution in [3.8, 4) is 0 Å². The van der Waals surface area contributed by atoms with E-state index < -0.39 is 6.04 Å². The van der Waals surface area contributed by atoms with Crippen LogP contribution in [-0.2, 0) is 11.3 Å². The van der Waals surface area contributed by atoms with Crippen LogP contribution in [0.2, 0.25) is 0 Å². The van der Waals surface area contributed by atoms with E-state index in [1.807, 2.05) is 12.1 Å². The molecule has 0 fully saturated rings. The predicted octanol–water partition coefficient (Wildman–Crippen LogP) is 0.387. The van der Waals surface area contributed by atoms with Crippen LogP contribution < -0.4 is 5.73 Å². The highest BCUT2D eigenvalue weighted by atomic mass is 16.2. The third kappa shape index (κ3) is 2.81. The maximum absolute atomic E-state index is 11.4. The molecule has 0 aromatic carbocycles. The molecule has 0 radical (unpaired) electrons. The fourth-order valence-electron chi connectivity index (χ4n) is 1.19. The van der Waals surface area contributed by atoms with Crippen LogP contribution in [0, 0.1) is 0 Å². The van der Waals surface area contributed by atoms with Crippen LogP contribution in [0.4, 0.5) is 0 Å². The van der Waals surface area contributed by atoms with Gasteiger partial charge in [-0.25, -0.2) is 0 Å². The zero-order chi connectivity index (χ0) is 10.6. The molecule has 0 aliphatic heterocycles. The standard InChI is InChI=1S/C10H15N3O/c1-8(11)10(14)13(2)7-9-3-5-12-6-4-9/h3-6,8H,7,11H2,1-2H3. The molecule has 0 saturated heterocycles. The summed E-state index contributed by atoms with van der Waals surface area (Å²) in [5, 5.41) is 0. The molecular weight excluding hydrogens is 178 g/mol. The van der Waals surface area contributed by atoms with Crippen LogP contribution in [-0.4, -0.2) is 28.9 Å². The van der Waals surface area contributed by atoms with Gasteiger partial charge in [0.2, 0.25) is 5.91 Å². The Morgan fingerprint density at radius 2 is 2.14 bits per heavy atom. The minimum atomic E-state index is -0.443. The first-order valence-electron chi connectivity index (χ1n) is 4.50. The molecule has 1 aromatic heterocycles. The minimum absolute atomic E-state index is 0.0539. The van der Waals surface area contributed by atoms with Gasteiger partial charge in [-0.1, -0.05) is 0 Å². The molecule has 4 nitrogen and oxygen atoms in total. The van der Waals surface area contributed by atoms with Crippen LogP contribution in [0.5, 0.6) is 0 Å². The summed E-state index contributed by atoms with van der Waals surface area (Å²) in [4.78, 5) is 16.9. The fourth-order valence-corrected chi connectivity index (χ4v) is 1.19. The van der Waals surface area contributed by atoms with Crippen molar-refractivity contribution in [3.05, 3.63) is 30.1 Å². The van der Waals surface area contributed by atoms with Crippen molar-refractivity contribution in [1.82, 2.24) is 9.88 Å². The average molecular weight is 193 g/mol. The molecule has 1 atom stereocenters. The number of amides is 1. The normalized spacial score (nSPS) is 12.2. The highest BCUT2D eigenvalue weighted by Crippen LogP contribution is 2.01. The maximum Gasteiger partial charge on any atom is 0.239 e. The first-order valence-corrected chi connectivity index (χ1v) is 4.50. The topological polar surface area (TPSA) is 59.2 Å². The molecule has 1 unspecified atom stereocenters. The van der Waals surface area contributed by atoms with E-state index >= 15 is 0 Å². The van der Waals surface area contributed by atoms with E-state index in [0.29, 0.717) is 6.54 Å². The second-order valence-electron chi connectivity index (χ2n) is 3.34. The molecule has 0 bridgehead atoms. The Morgan fingerprint density at radius 1 is 1.57 bits per heavy atom. The van der Waals surface area contributed by atoms with Crippen molar-refractivity contribution in [2.75, 3.05) is 7.05 Å². The monoisotopic (exact) mass is 193 g/mol. The Hall–Kier alpha value is -1.42. The SMILES string of the molecule is CC(N)C(=O)N(C)Cc1ccncc1. The number of carbonyl (C=O) groups excluding carboxylic acids is 1. The van der Waals surface area contributed by atoms with E-state index in [-0.39, 0.29) is 5.91 Å². The molecule has 1 rings (SSSR count). The number of likely N-dealkylation sites (N-methyl/N-ethyl adjacent to an activating group) is 1. The number of hydrogen-bond acceptors (Lipinski definition) is 3. The van der Waals surface area contributed by atoms with Crippen LogP contribution >= 0.6 is 0 Å². The van der Waals surface area contributed by atoms with Gasteiger partial charge in [0.15, 0.2) is 0 Å². The molecule has 0 spiro atoms. The molecule has 1 aromatic rings. The number of hydrogen-bond donors (Lipinski definition) is 1. The van der Waals surface area contributed by atoms with E-state index in [9.17, 15) is 4.79 Å². The molecule has 0 aliphatic carbocycles. The van der Waals surface area contributed by atoms with Gasteiger partial charge < -0.3 is 10.6 Å². The summed E-state index contributed by atoms with van der Waals surface area (Å²) in [6, 6.07) is 3.32. The van der Waals surface area contributed by atoms with E-state index in [1.165, 1.54) is 0 Å². The first kappa shape index (κ1) is 10.7. The Labute approximate surface area is 83.7 Å². The lowest BCUT2D eigenvalue weighted by molar-refractivity contribution is -0.131. The number of rotatable bonds is 3. The summed E-state index contributed by atoms with van der Waals surface area (Å²) < 4.78 is 0. The zero-order valence-corrected chi connectivity index (χ0v) is 8.47. The van der Waals surface area contributed by atoms with Gasteiger partial charge in [-0.3, -0.25) is 9.78 Å². The predicted molar refractivity (Wildman–Crippen MR) is 54.4 cm³/mol. The Bertz CT molecular complexity index is 297. The minimum Gasteiger partial charge on any atom is -0.340 e. The van der Waals surface area contributed by atoms with Gasteiger partial charge in [0.25, 0.3) is 0 Å². The van der Waals surface area contributed by atoms with E-state index in [2.05, 4.69) is 4.98 Å². The molecule has 14 heavy (non-hydrogen) atoms. The van der Waals surface area contributed by atoms with Gasteiger partial charge in [-0.15, -0.1) is 0 Å². The number of carbonyl (C=O) groups is 1. The Morgan fingerprint density at radius 3 is 2.64 bits per heavy atom. The van der Waals surface area contributed by atoms with E-state index in [0.717, 1.165) is 5.56 Å². The smallest absolute Gasteiger partial charge is 0.239 e. The van der Waals surface area contributed by atoms with Crippen LogP contribution in [0.1, 0.15) is 12.5 Å². The molecule has 0 aliphatic rings. The van der Waals surface area contributed by atoms with Gasteiger partial charge in [-0.05, 0) is 24.6 Å². The van der Waals surface area contributed by atoms with Crippen LogP contribution in [0.25, 0.3) is 0 Å². The average Bonchev–Trinajstić information content (AvgIpc) is 2.18. The molecule has 76 valence electrons. The van der Waals surface area contributed by atoms with Gasteiger partial charge in [0.05, 0.1) is 6.04 Å². The highest BCUT2D eigenvalue weighted by Gasteiger charge is 2.12. The van der Waals surface area contributed by atoms with Gasteiger partial charge in [0, 0.05) is 26.0 Å². The third-order valence-electron chi connectivity index (χ3n) is 1.93. The second-order valence-corrected chi connectivity index (χ2v) is 3.34. The third-order valence-corrected chi connectivity index (χ3v) is 1.93.